The van der Waals surface area contributed by atoms with Crippen molar-refractivity contribution >= 4 is 22.4 Å². The second-order valence-electron chi connectivity index (χ2n) is 3.03. The highest BCUT2D eigenvalue weighted by Crippen LogP contribution is 2.14. The quantitative estimate of drug-likeness (QED) is 0.820. The predicted octanol–water partition coefficient (Wildman–Crippen LogP) is 0.278. The molecule has 0 saturated heterocycles. The Morgan fingerprint density at radius 1 is 1.18 bits per heavy atom. The predicted molar refractivity (Wildman–Crippen MR) is 61.6 cm³/mol. The minimum absolute atomic E-state index is 0.257. The normalized spacial score (nSPS) is 12.3. The summed E-state index contributed by atoms with van der Waals surface area (Å²) in [5.74, 6) is 0. The average molecular weight is 272 g/mol. The van der Waals surface area contributed by atoms with E-state index in [0.29, 0.717) is 9.92 Å². The van der Waals surface area contributed by atoms with Gasteiger partial charge in [-0.1, -0.05) is 11.6 Å². The topological polar surface area (TPSA) is 95.7 Å². The van der Waals surface area contributed by atoms with Crippen LogP contribution in [0.15, 0.2) is 43.8 Å². The van der Waals surface area contributed by atoms with Crippen molar-refractivity contribution in [1.29, 1.82) is 0 Å². The molecule has 1 heterocycles. The Hall–Kier alpha value is -1.73. The Morgan fingerprint density at radius 3 is 2.41 bits per heavy atom. The molecular formula is C9H6ClN3O3S. The lowest BCUT2D eigenvalue weighted by Crippen LogP contribution is -2.27. The van der Waals surface area contributed by atoms with Crippen LogP contribution in [0.5, 0.6) is 0 Å². The molecule has 1 atom stereocenters. The molecule has 88 valence electrons. The van der Waals surface area contributed by atoms with Crippen molar-refractivity contribution in [2.75, 3.05) is 0 Å². The van der Waals surface area contributed by atoms with E-state index in [1.165, 1.54) is 12.1 Å². The summed E-state index contributed by atoms with van der Waals surface area (Å²) in [5.41, 5.74) is -1.52. The molecule has 1 unspecified atom stereocenters. The number of nitrogens with one attached hydrogen (secondary N) is 2. The monoisotopic (exact) mass is 271 g/mol. The van der Waals surface area contributed by atoms with E-state index >= 15 is 0 Å². The first-order valence-electron chi connectivity index (χ1n) is 4.44. The SMILES string of the molecule is O=c1[nH]nc(S(=O)c2ccc(Cl)cc2)c(=O)[nH]1. The minimum atomic E-state index is -1.76. The van der Waals surface area contributed by atoms with Gasteiger partial charge in [-0.3, -0.25) is 9.78 Å². The van der Waals surface area contributed by atoms with Crippen LogP contribution in [0.3, 0.4) is 0 Å². The maximum absolute atomic E-state index is 12.0. The highest BCUT2D eigenvalue weighted by atomic mass is 35.5. The number of hydrogen-bond acceptors (Lipinski definition) is 4. The van der Waals surface area contributed by atoms with Crippen molar-refractivity contribution in [2.45, 2.75) is 9.92 Å². The largest absolute Gasteiger partial charge is 0.342 e. The van der Waals surface area contributed by atoms with Crippen LogP contribution in [0.2, 0.25) is 5.02 Å². The summed E-state index contributed by atoms with van der Waals surface area (Å²) in [4.78, 5) is 24.4. The number of H-pyrrole nitrogens is 2. The molecule has 0 amide bonds. The van der Waals surface area contributed by atoms with E-state index in [0.717, 1.165) is 0 Å². The van der Waals surface area contributed by atoms with Gasteiger partial charge in [0.1, 0.15) is 10.8 Å². The molecule has 0 saturated carbocycles. The molecule has 0 spiro atoms. The minimum Gasteiger partial charge on any atom is -0.271 e. The highest BCUT2D eigenvalue weighted by Gasteiger charge is 2.13. The second-order valence-corrected chi connectivity index (χ2v) is 4.87. The second kappa shape index (κ2) is 4.64. The van der Waals surface area contributed by atoms with Crippen molar-refractivity contribution < 1.29 is 4.21 Å². The van der Waals surface area contributed by atoms with Gasteiger partial charge in [0.25, 0.3) is 5.56 Å². The molecule has 0 radical (unpaired) electrons. The van der Waals surface area contributed by atoms with Gasteiger partial charge in [-0.15, -0.1) is 0 Å². The van der Waals surface area contributed by atoms with E-state index in [1.54, 1.807) is 12.1 Å². The first-order valence-corrected chi connectivity index (χ1v) is 5.97. The van der Waals surface area contributed by atoms with Crippen LogP contribution in [-0.4, -0.2) is 19.4 Å². The van der Waals surface area contributed by atoms with Crippen LogP contribution >= 0.6 is 11.6 Å². The van der Waals surface area contributed by atoms with E-state index in [4.69, 9.17) is 11.6 Å². The highest BCUT2D eigenvalue weighted by molar-refractivity contribution is 7.85. The third-order valence-electron chi connectivity index (χ3n) is 1.88. The van der Waals surface area contributed by atoms with Gasteiger partial charge in [0, 0.05) is 9.92 Å². The lowest BCUT2D eigenvalue weighted by molar-refractivity contribution is 0.672. The average Bonchev–Trinajstić information content (AvgIpc) is 2.29. The van der Waals surface area contributed by atoms with E-state index in [1.807, 2.05) is 10.1 Å². The Bertz CT molecular complexity index is 677. The molecule has 0 bridgehead atoms. The van der Waals surface area contributed by atoms with Gasteiger partial charge in [0.2, 0.25) is 5.03 Å². The molecule has 2 rings (SSSR count). The summed E-state index contributed by atoms with van der Waals surface area (Å²) in [6.45, 7) is 0. The van der Waals surface area contributed by atoms with Crippen molar-refractivity contribution in [3.05, 3.63) is 50.1 Å². The molecule has 17 heavy (non-hydrogen) atoms. The fourth-order valence-electron chi connectivity index (χ4n) is 1.13. The molecule has 6 nitrogen and oxygen atoms in total. The summed E-state index contributed by atoms with van der Waals surface area (Å²) < 4.78 is 12.0. The fourth-order valence-corrected chi connectivity index (χ4v) is 2.21. The van der Waals surface area contributed by atoms with Gasteiger partial charge in [0.05, 0.1) is 0 Å². The third kappa shape index (κ3) is 2.51. The number of rotatable bonds is 2. The number of hydrogen-bond donors (Lipinski definition) is 2. The van der Waals surface area contributed by atoms with E-state index in [9.17, 15) is 13.8 Å². The molecule has 0 aliphatic heterocycles. The van der Waals surface area contributed by atoms with Crippen LogP contribution in [0, 0.1) is 0 Å². The molecular weight excluding hydrogens is 266 g/mol. The van der Waals surface area contributed by atoms with Crippen LogP contribution in [0.4, 0.5) is 0 Å². The maximum Gasteiger partial charge on any atom is 0.342 e. The summed E-state index contributed by atoms with van der Waals surface area (Å²) in [6.07, 6.45) is 0. The van der Waals surface area contributed by atoms with Crippen LogP contribution in [-0.2, 0) is 10.8 Å². The number of halogens is 1. The number of aromatic nitrogens is 3. The van der Waals surface area contributed by atoms with Crippen molar-refractivity contribution in [3.8, 4) is 0 Å². The van der Waals surface area contributed by atoms with Crippen molar-refractivity contribution in [3.63, 3.8) is 0 Å². The number of benzene rings is 1. The molecule has 8 heteroatoms. The summed E-state index contributed by atoms with van der Waals surface area (Å²) >= 11 is 5.68. The van der Waals surface area contributed by atoms with Gasteiger partial charge in [-0.25, -0.2) is 14.1 Å². The van der Waals surface area contributed by atoms with Gasteiger partial charge < -0.3 is 0 Å². The van der Waals surface area contributed by atoms with Gasteiger partial charge >= 0.3 is 5.69 Å². The fraction of sp³-hybridized carbons (Fsp3) is 0. The first-order chi connectivity index (χ1) is 8.08. The molecule has 0 aliphatic carbocycles. The van der Waals surface area contributed by atoms with Crippen LogP contribution in [0.25, 0.3) is 0 Å². The standard InChI is InChI=1S/C9H6ClN3O3S/c10-5-1-3-6(4-2-5)17(16)8-7(14)11-9(15)13-12-8/h1-4H,(H2,11,13,14,15). The lowest BCUT2D eigenvalue weighted by Gasteiger charge is -1.99. The summed E-state index contributed by atoms with van der Waals surface area (Å²) in [7, 11) is -1.76. The zero-order chi connectivity index (χ0) is 12.4. The lowest BCUT2D eigenvalue weighted by atomic mass is 10.4. The molecule has 0 aliphatic rings. The Labute approximate surface area is 102 Å². The number of nitrogens with zero attached hydrogens (tertiary/aromatic N) is 1. The van der Waals surface area contributed by atoms with E-state index in [-0.39, 0.29) is 5.03 Å². The van der Waals surface area contributed by atoms with Gasteiger partial charge in [-0.2, -0.15) is 5.10 Å². The number of aromatic amines is 2. The van der Waals surface area contributed by atoms with E-state index < -0.39 is 22.0 Å². The zero-order valence-corrected chi connectivity index (χ0v) is 9.84. The maximum atomic E-state index is 12.0. The zero-order valence-electron chi connectivity index (χ0n) is 8.27. The molecule has 2 aromatic rings. The van der Waals surface area contributed by atoms with Crippen molar-refractivity contribution in [1.82, 2.24) is 15.2 Å². The van der Waals surface area contributed by atoms with E-state index in [2.05, 4.69) is 5.10 Å². The molecule has 0 fully saturated rings. The Morgan fingerprint density at radius 2 is 1.82 bits per heavy atom. The first kappa shape index (κ1) is 11.7. The van der Waals surface area contributed by atoms with Crippen molar-refractivity contribution in [2.24, 2.45) is 0 Å². The molecule has 1 aromatic carbocycles. The van der Waals surface area contributed by atoms with Crippen LogP contribution in [0.1, 0.15) is 0 Å². The summed E-state index contributed by atoms with van der Waals surface area (Å²) in [6, 6.07) is 6.14. The summed E-state index contributed by atoms with van der Waals surface area (Å²) in [5, 5.41) is 5.72. The van der Waals surface area contributed by atoms with Gasteiger partial charge in [0.15, 0.2) is 0 Å². The van der Waals surface area contributed by atoms with Gasteiger partial charge in [-0.05, 0) is 24.3 Å². The molecule has 1 aromatic heterocycles. The van der Waals surface area contributed by atoms with Crippen LogP contribution < -0.4 is 11.2 Å². The Kier molecular flexibility index (Phi) is 3.21. The smallest absolute Gasteiger partial charge is 0.271 e. The Balaban J connectivity index is 2.47. The third-order valence-corrected chi connectivity index (χ3v) is 3.46. The molecule has 2 N–H and O–H groups in total.